The van der Waals surface area contributed by atoms with Crippen LogP contribution in [0.2, 0.25) is 5.02 Å². The van der Waals surface area contributed by atoms with Gasteiger partial charge < -0.3 is 14.8 Å². The van der Waals surface area contributed by atoms with E-state index in [1.165, 1.54) is 24.0 Å². The second kappa shape index (κ2) is 4.04. The fourth-order valence-corrected chi connectivity index (χ4v) is 3.74. The Kier molecular flexibility index (Phi) is 2.45. The molecule has 1 saturated heterocycles. The lowest BCUT2D eigenvalue weighted by Crippen LogP contribution is -2.15. The van der Waals surface area contributed by atoms with E-state index >= 15 is 0 Å². The highest BCUT2D eigenvalue weighted by molar-refractivity contribution is 6.33. The molecule has 4 rings (SSSR count). The van der Waals surface area contributed by atoms with Crippen LogP contribution < -0.4 is 14.8 Å². The zero-order valence-electron chi connectivity index (χ0n) is 10.2. The van der Waals surface area contributed by atoms with Crippen LogP contribution in [0.25, 0.3) is 0 Å². The monoisotopic (exact) mass is 265 g/mol. The number of hydrogen-bond acceptors (Lipinski definition) is 3. The van der Waals surface area contributed by atoms with Crippen molar-refractivity contribution in [1.29, 1.82) is 0 Å². The molecule has 96 valence electrons. The van der Waals surface area contributed by atoms with Crippen molar-refractivity contribution in [1.82, 2.24) is 5.32 Å². The molecule has 0 aromatic heterocycles. The van der Waals surface area contributed by atoms with E-state index in [1.54, 1.807) is 0 Å². The predicted octanol–water partition coefficient (Wildman–Crippen LogP) is 2.63. The van der Waals surface area contributed by atoms with Crippen LogP contribution in [0, 0.1) is 0 Å². The van der Waals surface area contributed by atoms with Crippen molar-refractivity contribution < 1.29 is 9.47 Å². The van der Waals surface area contributed by atoms with Gasteiger partial charge in [-0.3, -0.25) is 0 Å². The summed E-state index contributed by atoms with van der Waals surface area (Å²) in [6.45, 7) is 2.59. The summed E-state index contributed by atoms with van der Waals surface area (Å²) in [6, 6.07) is 0.421. The molecule has 1 N–H and O–H groups in total. The quantitative estimate of drug-likeness (QED) is 0.847. The van der Waals surface area contributed by atoms with Crippen molar-refractivity contribution in [2.45, 2.75) is 31.7 Å². The molecule has 0 bridgehead atoms. The summed E-state index contributed by atoms with van der Waals surface area (Å²) in [7, 11) is 0. The first-order chi connectivity index (χ1) is 8.86. The first-order valence-electron chi connectivity index (χ1n) is 6.72. The van der Waals surface area contributed by atoms with Crippen LogP contribution in [0.3, 0.4) is 0 Å². The van der Waals surface area contributed by atoms with Gasteiger partial charge >= 0.3 is 0 Å². The van der Waals surface area contributed by atoms with Crippen molar-refractivity contribution in [3.05, 3.63) is 21.7 Å². The molecular formula is C14H16ClNO2. The Morgan fingerprint density at radius 3 is 2.61 bits per heavy atom. The van der Waals surface area contributed by atoms with E-state index in [9.17, 15) is 0 Å². The molecule has 1 aromatic carbocycles. The van der Waals surface area contributed by atoms with E-state index < -0.39 is 0 Å². The van der Waals surface area contributed by atoms with Crippen LogP contribution in [0.4, 0.5) is 0 Å². The third-order valence-corrected chi connectivity index (χ3v) is 4.59. The Labute approximate surface area is 111 Å². The molecule has 1 atom stereocenters. The minimum Gasteiger partial charge on any atom is -0.493 e. The van der Waals surface area contributed by atoms with Crippen molar-refractivity contribution in [3.8, 4) is 11.5 Å². The van der Waals surface area contributed by atoms with Gasteiger partial charge in [-0.1, -0.05) is 11.6 Å². The normalized spacial score (nSPS) is 24.6. The Balaban J connectivity index is 1.95. The molecule has 0 aliphatic carbocycles. The average Bonchev–Trinajstić information content (AvgIpc) is 3.11. The number of rotatable bonds is 1. The van der Waals surface area contributed by atoms with E-state index in [0.717, 1.165) is 54.7 Å². The maximum atomic E-state index is 6.45. The molecule has 3 heterocycles. The Bertz CT molecular complexity index is 474. The number of ether oxygens (including phenoxy) is 2. The lowest BCUT2D eigenvalue weighted by atomic mass is 9.93. The van der Waals surface area contributed by atoms with Gasteiger partial charge in [-0.2, -0.15) is 0 Å². The van der Waals surface area contributed by atoms with E-state index in [1.807, 2.05) is 0 Å². The summed E-state index contributed by atoms with van der Waals surface area (Å²) in [5.74, 6) is 1.97. The summed E-state index contributed by atoms with van der Waals surface area (Å²) in [4.78, 5) is 0. The zero-order valence-corrected chi connectivity index (χ0v) is 11.0. The Morgan fingerprint density at radius 2 is 1.83 bits per heavy atom. The molecule has 1 unspecified atom stereocenters. The third kappa shape index (κ3) is 1.41. The topological polar surface area (TPSA) is 30.5 Å². The lowest BCUT2D eigenvalue weighted by Gasteiger charge is -2.19. The molecule has 1 fully saturated rings. The Hall–Kier alpha value is -0.930. The molecule has 0 radical (unpaired) electrons. The van der Waals surface area contributed by atoms with Gasteiger partial charge in [-0.25, -0.2) is 0 Å². The summed E-state index contributed by atoms with van der Waals surface area (Å²) in [5.41, 5.74) is 3.76. The summed E-state index contributed by atoms with van der Waals surface area (Å²) < 4.78 is 11.6. The van der Waals surface area contributed by atoms with E-state index in [4.69, 9.17) is 21.1 Å². The minimum atomic E-state index is 0.421. The number of fused-ring (bicyclic) bond motifs is 2. The fraction of sp³-hybridized carbons (Fsp3) is 0.571. The smallest absolute Gasteiger partial charge is 0.142 e. The van der Waals surface area contributed by atoms with Gasteiger partial charge in [-0.15, -0.1) is 0 Å². The van der Waals surface area contributed by atoms with Crippen molar-refractivity contribution in [2.24, 2.45) is 0 Å². The van der Waals surface area contributed by atoms with Crippen LogP contribution >= 0.6 is 11.6 Å². The number of nitrogens with one attached hydrogen (secondary N) is 1. The predicted molar refractivity (Wildman–Crippen MR) is 69.8 cm³/mol. The number of benzene rings is 1. The van der Waals surface area contributed by atoms with Gasteiger partial charge in [0.1, 0.15) is 11.5 Å². The van der Waals surface area contributed by atoms with Gasteiger partial charge in [0.05, 0.1) is 18.2 Å². The maximum Gasteiger partial charge on any atom is 0.142 e. The molecule has 18 heavy (non-hydrogen) atoms. The molecule has 0 saturated carbocycles. The van der Waals surface area contributed by atoms with Crippen LogP contribution in [0.1, 0.15) is 35.6 Å². The van der Waals surface area contributed by atoms with E-state index in [0.29, 0.717) is 6.04 Å². The lowest BCUT2D eigenvalue weighted by molar-refractivity contribution is 0.349. The standard InChI is InChI=1S/C14H16ClNO2/c15-12-9-4-7-17-13(9)11(10-2-1-5-16-10)8-3-6-18-14(8)12/h10,16H,1-7H2. The van der Waals surface area contributed by atoms with Crippen LogP contribution in [-0.4, -0.2) is 19.8 Å². The Morgan fingerprint density at radius 1 is 1.06 bits per heavy atom. The van der Waals surface area contributed by atoms with Crippen LogP contribution in [0.15, 0.2) is 0 Å². The summed E-state index contributed by atoms with van der Waals surface area (Å²) in [6.07, 6.45) is 4.28. The van der Waals surface area contributed by atoms with E-state index in [2.05, 4.69) is 5.32 Å². The molecule has 0 spiro atoms. The highest BCUT2D eigenvalue weighted by atomic mass is 35.5. The highest BCUT2D eigenvalue weighted by Gasteiger charge is 2.34. The second-order valence-electron chi connectivity index (χ2n) is 5.19. The van der Waals surface area contributed by atoms with Gasteiger partial charge in [0, 0.05) is 35.6 Å². The first-order valence-corrected chi connectivity index (χ1v) is 7.10. The maximum absolute atomic E-state index is 6.45. The number of halogens is 1. The van der Waals surface area contributed by atoms with Crippen molar-refractivity contribution in [2.75, 3.05) is 19.8 Å². The SMILES string of the molecule is Clc1c2c(c(C3CCCN3)c3c1OCC3)OCC2. The van der Waals surface area contributed by atoms with Gasteiger partial charge in [0.2, 0.25) is 0 Å². The van der Waals surface area contributed by atoms with Gasteiger partial charge in [-0.05, 0) is 19.4 Å². The molecule has 0 amide bonds. The van der Waals surface area contributed by atoms with Crippen molar-refractivity contribution >= 4 is 11.6 Å². The average molecular weight is 266 g/mol. The summed E-state index contributed by atoms with van der Waals surface area (Å²) in [5, 5.41) is 4.36. The second-order valence-corrected chi connectivity index (χ2v) is 5.57. The van der Waals surface area contributed by atoms with Gasteiger partial charge in [0.25, 0.3) is 0 Å². The first kappa shape index (κ1) is 10.9. The minimum absolute atomic E-state index is 0.421. The van der Waals surface area contributed by atoms with Crippen molar-refractivity contribution in [3.63, 3.8) is 0 Å². The van der Waals surface area contributed by atoms with Gasteiger partial charge in [0.15, 0.2) is 0 Å². The number of hydrogen-bond donors (Lipinski definition) is 1. The molecular weight excluding hydrogens is 250 g/mol. The zero-order chi connectivity index (χ0) is 12.1. The fourth-order valence-electron chi connectivity index (χ4n) is 3.39. The molecule has 1 aromatic rings. The molecule has 3 nitrogen and oxygen atoms in total. The molecule has 4 heteroatoms. The largest absolute Gasteiger partial charge is 0.493 e. The summed E-state index contributed by atoms with van der Waals surface area (Å²) >= 11 is 6.45. The highest BCUT2D eigenvalue weighted by Crippen LogP contribution is 2.50. The van der Waals surface area contributed by atoms with E-state index in [-0.39, 0.29) is 0 Å². The molecule has 3 aliphatic heterocycles. The van der Waals surface area contributed by atoms with Crippen LogP contribution in [0.5, 0.6) is 11.5 Å². The van der Waals surface area contributed by atoms with Crippen LogP contribution in [-0.2, 0) is 12.8 Å². The molecule has 3 aliphatic rings. The third-order valence-electron chi connectivity index (χ3n) is 4.19.